The summed E-state index contributed by atoms with van der Waals surface area (Å²) in [5, 5.41) is 9.35. The molecule has 2 aromatic rings. The van der Waals surface area contributed by atoms with E-state index in [9.17, 15) is 0 Å². The lowest BCUT2D eigenvalue weighted by atomic mass is 10.2. The molecule has 0 heterocycles. The molecule has 0 aliphatic heterocycles. The first kappa shape index (κ1) is 15.2. The molecule has 0 aliphatic rings. The first-order chi connectivity index (χ1) is 10.3. The molecular weight excluding hydrogens is 288 g/mol. The fourth-order valence-electron chi connectivity index (χ4n) is 1.66. The third-order valence-corrected chi connectivity index (χ3v) is 2.83. The highest BCUT2D eigenvalue weighted by Gasteiger charge is 1.97. The topological polar surface area (TPSA) is 38.7 Å². The van der Waals surface area contributed by atoms with E-state index in [0.717, 1.165) is 17.1 Å². The van der Waals surface area contributed by atoms with Crippen molar-refractivity contribution in [3.05, 3.63) is 59.1 Å². The first-order valence-corrected chi connectivity index (χ1v) is 6.87. The number of rotatable bonds is 5. The molecule has 0 amide bonds. The number of aliphatic hydroxyl groups excluding tert-OH is 1. The van der Waals surface area contributed by atoms with Crippen molar-refractivity contribution in [2.24, 2.45) is 0 Å². The highest BCUT2D eigenvalue weighted by molar-refractivity contribution is 6.30. The van der Waals surface area contributed by atoms with E-state index in [0.29, 0.717) is 18.2 Å². The van der Waals surface area contributed by atoms with Crippen molar-refractivity contribution in [2.75, 3.05) is 19.8 Å². The molecule has 2 aromatic carbocycles. The Morgan fingerprint density at radius 2 is 1.67 bits per heavy atom. The quantitative estimate of drug-likeness (QED) is 0.681. The zero-order valence-electron chi connectivity index (χ0n) is 11.4. The van der Waals surface area contributed by atoms with E-state index < -0.39 is 0 Å². The van der Waals surface area contributed by atoms with Crippen molar-refractivity contribution in [1.82, 2.24) is 0 Å². The summed E-state index contributed by atoms with van der Waals surface area (Å²) >= 11 is 5.80. The molecule has 3 nitrogen and oxygen atoms in total. The second-order valence-electron chi connectivity index (χ2n) is 4.14. The summed E-state index contributed by atoms with van der Waals surface area (Å²) < 4.78 is 11.1. The third-order valence-electron chi connectivity index (χ3n) is 2.58. The van der Waals surface area contributed by atoms with Crippen molar-refractivity contribution < 1.29 is 14.6 Å². The molecule has 0 fully saturated rings. The molecule has 0 aromatic heterocycles. The monoisotopic (exact) mass is 302 g/mol. The van der Waals surface area contributed by atoms with Gasteiger partial charge in [-0.3, -0.25) is 0 Å². The zero-order valence-corrected chi connectivity index (χ0v) is 12.1. The van der Waals surface area contributed by atoms with E-state index in [1.54, 1.807) is 12.1 Å². The normalized spacial score (nSPS) is 9.62. The summed E-state index contributed by atoms with van der Waals surface area (Å²) in [7, 11) is 0. The van der Waals surface area contributed by atoms with Gasteiger partial charge in [0.15, 0.2) is 0 Å². The van der Waals surface area contributed by atoms with Crippen molar-refractivity contribution >= 4 is 11.6 Å². The third kappa shape index (κ3) is 5.39. The van der Waals surface area contributed by atoms with Gasteiger partial charge in [-0.25, -0.2) is 0 Å². The van der Waals surface area contributed by atoms with Gasteiger partial charge in [-0.2, -0.15) is 0 Å². The summed E-state index contributed by atoms with van der Waals surface area (Å²) in [5.41, 5.74) is 0.806. The lowest BCUT2D eigenvalue weighted by Gasteiger charge is -2.08. The second-order valence-corrected chi connectivity index (χ2v) is 4.58. The minimum absolute atomic E-state index is 0.153. The van der Waals surface area contributed by atoms with Gasteiger partial charge in [0.2, 0.25) is 0 Å². The highest BCUT2D eigenvalue weighted by atomic mass is 35.5. The van der Waals surface area contributed by atoms with Crippen LogP contribution in [-0.2, 0) is 0 Å². The van der Waals surface area contributed by atoms with Crippen LogP contribution in [0.1, 0.15) is 5.56 Å². The van der Waals surface area contributed by atoms with Gasteiger partial charge < -0.3 is 14.6 Å². The SMILES string of the molecule is OCC#Cc1cccc(OCCOc2ccc(Cl)cc2)c1. The van der Waals surface area contributed by atoms with Crippen LogP contribution >= 0.6 is 11.6 Å². The number of ether oxygens (including phenoxy) is 2. The van der Waals surface area contributed by atoms with Crippen LogP contribution in [0.5, 0.6) is 11.5 Å². The van der Waals surface area contributed by atoms with Crippen LogP contribution in [0.25, 0.3) is 0 Å². The van der Waals surface area contributed by atoms with Crippen LogP contribution < -0.4 is 9.47 Å². The van der Waals surface area contributed by atoms with E-state index in [1.807, 2.05) is 36.4 Å². The van der Waals surface area contributed by atoms with Crippen molar-refractivity contribution in [2.45, 2.75) is 0 Å². The van der Waals surface area contributed by atoms with Gasteiger partial charge >= 0.3 is 0 Å². The van der Waals surface area contributed by atoms with Crippen LogP contribution in [0, 0.1) is 11.8 Å². The van der Waals surface area contributed by atoms with Crippen LogP contribution in [0.4, 0.5) is 0 Å². The summed E-state index contributed by atoms with van der Waals surface area (Å²) in [6.07, 6.45) is 0. The summed E-state index contributed by atoms with van der Waals surface area (Å²) in [4.78, 5) is 0. The van der Waals surface area contributed by atoms with E-state index in [1.165, 1.54) is 0 Å². The van der Waals surface area contributed by atoms with Crippen LogP contribution in [0.3, 0.4) is 0 Å². The molecule has 0 unspecified atom stereocenters. The fourth-order valence-corrected chi connectivity index (χ4v) is 1.78. The number of halogens is 1. The molecule has 2 rings (SSSR count). The molecule has 0 aliphatic carbocycles. The maximum atomic E-state index is 8.67. The molecule has 1 N–H and O–H groups in total. The number of aliphatic hydroxyl groups is 1. The molecule has 0 saturated heterocycles. The second kappa shape index (κ2) is 8.21. The Hall–Kier alpha value is -2.15. The largest absolute Gasteiger partial charge is 0.490 e. The van der Waals surface area contributed by atoms with Crippen LogP contribution in [-0.4, -0.2) is 24.9 Å². The van der Waals surface area contributed by atoms with Gasteiger partial charge in [0.05, 0.1) is 0 Å². The van der Waals surface area contributed by atoms with Gasteiger partial charge in [-0.1, -0.05) is 29.5 Å². The molecule has 21 heavy (non-hydrogen) atoms. The molecule has 0 saturated carbocycles. The summed E-state index contributed by atoms with van der Waals surface area (Å²) in [5.74, 6) is 6.91. The predicted molar refractivity (Wildman–Crippen MR) is 82.8 cm³/mol. The Kier molecular flexibility index (Phi) is 5.96. The maximum Gasteiger partial charge on any atom is 0.122 e. The lowest BCUT2D eigenvalue weighted by molar-refractivity contribution is 0.217. The number of benzene rings is 2. The molecule has 0 radical (unpaired) electrons. The maximum absolute atomic E-state index is 8.67. The van der Waals surface area contributed by atoms with Gasteiger partial charge in [-0.15, -0.1) is 0 Å². The predicted octanol–water partition coefficient (Wildman–Crippen LogP) is 3.14. The Balaban J connectivity index is 1.79. The molecule has 0 bridgehead atoms. The average molecular weight is 303 g/mol. The fraction of sp³-hybridized carbons (Fsp3) is 0.176. The van der Waals surface area contributed by atoms with Gasteiger partial charge in [0, 0.05) is 10.6 Å². The van der Waals surface area contributed by atoms with Gasteiger partial charge in [0.1, 0.15) is 31.3 Å². The van der Waals surface area contributed by atoms with Gasteiger partial charge in [-0.05, 0) is 42.5 Å². The number of hydrogen-bond acceptors (Lipinski definition) is 3. The minimum Gasteiger partial charge on any atom is -0.490 e. The van der Waals surface area contributed by atoms with Gasteiger partial charge in [0.25, 0.3) is 0 Å². The molecule has 108 valence electrons. The van der Waals surface area contributed by atoms with Crippen LogP contribution in [0.2, 0.25) is 5.02 Å². The summed E-state index contributed by atoms with van der Waals surface area (Å²) in [6.45, 7) is 0.716. The van der Waals surface area contributed by atoms with E-state index in [4.69, 9.17) is 26.2 Å². The summed E-state index contributed by atoms with van der Waals surface area (Å²) in [6, 6.07) is 14.6. The molecule has 0 atom stereocenters. The average Bonchev–Trinajstić information content (AvgIpc) is 2.52. The minimum atomic E-state index is -0.153. The highest BCUT2D eigenvalue weighted by Crippen LogP contribution is 2.16. The molecule has 4 heteroatoms. The molecular formula is C17H15ClO3. The van der Waals surface area contributed by atoms with Crippen molar-refractivity contribution in [3.8, 4) is 23.3 Å². The first-order valence-electron chi connectivity index (χ1n) is 6.49. The van der Waals surface area contributed by atoms with E-state index in [-0.39, 0.29) is 6.61 Å². The van der Waals surface area contributed by atoms with Crippen LogP contribution in [0.15, 0.2) is 48.5 Å². The van der Waals surface area contributed by atoms with E-state index >= 15 is 0 Å². The smallest absolute Gasteiger partial charge is 0.122 e. The Morgan fingerprint density at radius 1 is 0.952 bits per heavy atom. The van der Waals surface area contributed by atoms with Crippen molar-refractivity contribution in [1.29, 1.82) is 0 Å². The Labute approximate surface area is 129 Å². The number of hydrogen-bond donors (Lipinski definition) is 1. The zero-order chi connectivity index (χ0) is 14.9. The molecule has 0 spiro atoms. The Morgan fingerprint density at radius 3 is 2.38 bits per heavy atom. The standard InChI is InChI=1S/C17H15ClO3/c18-15-6-8-16(9-7-15)20-11-12-21-17-5-1-3-14(13-17)4-2-10-19/h1,3,5-9,13,19H,10-12H2. The Bertz CT molecular complexity index is 626. The van der Waals surface area contributed by atoms with Crippen molar-refractivity contribution in [3.63, 3.8) is 0 Å². The lowest BCUT2D eigenvalue weighted by Crippen LogP contribution is -2.08. The van der Waals surface area contributed by atoms with E-state index in [2.05, 4.69) is 11.8 Å².